The Kier molecular flexibility index (Phi) is 2.87. The van der Waals surface area contributed by atoms with Crippen molar-refractivity contribution in [1.82, 2.24) is 30.1 Å². The highest BCUT2D eigenvalue weighted by atomic mass is 16.7. The number of benzene rings is 1. The summed E-state index contributed by atoms with van der Waals surface area (Å²) >= 11 is 0. The van der Waals surface area contributed by atoms with E-state index in [9.17, 15) is 14.4 Å². The van der Waals surface area contributed by atoms with E-state index in [-0.39, 0.29) is 29.4 Å². The lowest BCUT2D eigenvalue weighted by Gasteiger charge is -2.16. The highest BCUT2D eigenvalue weighted by Gasteiger charge is 2.33. The largest absolute Gasteiger partial charge is 0.454 e. The average Bonchev–Trinajstić information content (AvgIpc) is 3.35. The highest BCUT2D eigenvalue weighted by molar-refractivity contribution is 6.23. The SMILES string of the molecule is Nc1c2c(cc(=O)n1-c1cc3c(cc1-n1cnnn1)OCO3)C(=O)NC2=O. The molecule has 2 aliphatic rings. The number of nitrogens with one attached hydrogen (secondary N) is 1. The molecule has 0 aliphatic carbocycles. The molecule has 0 radical (unpaired) electrons. The van der Waals surface area contributed by atoms with Crippen LogP contribution in [0.25, 0.3) is 11.4 Å². The summed E-state index contributed by atoms with van der Waals surface area (Å²) in [5, 5.41) is 13.1. The van der Waals surface area contributed by atoms with Gasteiger partial charge in [-0.05, 0) is 10.4 Å². The van der Waals surface area contributed by atoms with E-state index >= 15 is 0 Å². The molecule has 2 aromatic heterocycles. The Morgan fingerprint density at radius 2 is 1.78 bits per heavy atom. The van der Waals surface area contributed by atoms with Crippen LogP contribution in [-0.2, 0) is 0 Å². The first-order chi connectivity index (χ1) is 13.0. The fourth-order valence-corrected chi connectivity index (χ4v) is 3.08. The van der Waals surface area contributed by atoms with Crippen LogP contribution in [-0.4, -0.2) is 43.4 Å². The van der Waals surface area contributed by atoms with E-state index < -0.39 is 17.4 Å². The smallest absolute Gasteiger partial charge is 0.262 e. The number of rotatable bonds is 2. The van der Waals surface area contributed by atoms with Crippen LogP contribution in [0.4, 0.5) is 5.82 Å². The molecule has 0 saturated heterocycles. The van der Waals surface area contributed by atoms with Gasteiger partial charge < -0.3 is 15.2 Å². The van der Waals surface area contributed by atoms with Crippen molar-refractivity contribution < 1.29 is 19.1 Å². The molecule has 3 aromatic rings. The summed E-state index contributed by atoms with van der Waals surface area (Å²) in [6.07, 6.45) is 1.33. The first kappa shape index (κ1) is 15.1. The van der Waals surface area contributed by atoms with Gasteiger partial charge in [0.2, 0.25) is 6.79 Å². The maximum absolute atomic E-state index is 12.7. The fraction of sp³-hybridized carbons (Fsp3) is 0.0667. The number of nitrogens with zero attached hydrogens (tertiary/aromatic N) is 5. The van der Waals surface area contributed by atoms with Crippen LogP contribution in [0.2, 0.25) is 0 Å². The zero-order valence-corrected chi connectivity index (χ0v) is 13.4. The molecule has 134 valence electrons. The molecule has 0 saturated carbocycles. The Morgan fingerprint density at radius 3 is 2.48 bits per heavy atom. The van der Waals surface area contributed by atoms with Crippen molar-refractivity contribution in [2.75, 3.05) is 12.5 Å². The van der Waals surface area contributed by atoms with E-state index in [0.717, 1.165) is 10.6 Å². The first-order valence-electron chi connectivity index (χ1n) is 7.63. The molecule has 1 aromatic carbocycles. The second-order valence-electron chi connectivity index (χ2n) is 5.72. The summed E-state index contributed by atoms with van der Waals surface area (Å²) in [6.45, 7) is 0.0132. The number of carbonyl (C=O) groups excluding carboxylic acids is 2. The van der Waals surface area contributed by atoms with E-state index in [1.807, 2.05) is 0 Å². The van der Waals surface area contributed by atoms with Gasteiger partial charge in [-0.1, -0.05) is 0 Å². The van der Waals surface area contributed by atoms with Crippen LogP contribution in [0, 0.1) is 0 Å². The number of amides is 2. The van der Waals surface area contributed by atoms with E-state index in [4.69, 9.17) is 15.2 Å². The molecule has 0 unspecified atom stereocenters. The van der Waals surface area contributed by atoms with Crippen LogP contribution in [0.1, 0.15) is 20.7 Å². The molecule has 2 aliphatic heterocycles. The van der Waals surface area contributed by atoms with Gasteiger partial charge in [-0.25, -0.2) is 0 Å². The molecule has 5 rings (SSSR count). The summed E-state index contributed by atoms with van der Waals surface area (Å²) in [6, 6.07) is 4.16. The highest BCUT2D eigenvalue weighted by Crippen LogP contribution is 2.38. The van der Waals surface area contributed by atoms with Crippen molar-refractivity contribution in [2.24, 2.45) is 0 Å². The van der Waals surface area contributed by atoms with Crippen LogP contribution in [0.15, 0.2) is 29.3 Å². The number of hydrogen-bond acceptors (Lipinski definition) is 9. The second kappa shape index (κ2) is 5.14. The maximum Gasteiger partial charge on any atom is 0.262 e. The van der Waals surface area contributed by atoms with Crippen molar-refractivity contribution in [1.29, 1.82) is 0 Å². The van der Waals surface area contributed by atoms with Crippen LogP contribution < -0.4 is 26.1 Å². The van der Waals surface area contributed by atoms with Gasteiger partial charge in [0.15, 0.2) is 11.5 Å². The Hall–Kier alpha value is -4.22. The number of anilines is 1. The second-order valence-corrected chi connectivity index (χ2v) is 5.72. The minimum absolute atomic E-state index is 0.0132. The third-order valence-electron chi connectivity index (χ3n) is 4.26. The number of nitrogens with two attached hydrogens (primary N) is 1. The lowest BCUT2D eigenvalue weighted by Crippen LogP contribution is -2.25. The van der Waals surface area contributed by atoms with Gasteiger partial charge in [0.25, 0.3) is 17.4 Å². The fourth-order valence-electron chi connectivity index (χ4n) is 3.08. The minimum Gasteiger partial charge on any atom is -0.454 e. The van der Waals surface area contributed by atoms with Crippen molar-refractivity contribution >= 4 is 17.6 Å². The molecule has 0 spiro atoms. The molecule has 12 heteroatoms. The van der Waals surface area contributed by atoms with Crippen molar-refractivity contribution in [3.05, 3.63) is 46.0 Å². The molecular formula is C15H9N7O5. The van der Waals surface area contributed by atoms with Crippen LogP contribution >= 0.6 is 0 Å². The van der Waals surface area contributed by atoms with Gasteiger partial charge in [0.1, 0.15) is 12.1 Å². The molecule has 12 nitrogen and oxygen atoms in total. The lowest BCUT2D eigenvalue weighted by atomic mass is 10.1. The summed E-state index contributed by atoms with van der Waals surface area (Å²) in [5.74, 6) is -0.712. The number of fused-ring (bicyclic) bond motifs is 2. The molecule has 27 heavy (non-hydrogen) atoms. The summed E-state index contributed by atoms with van der Waals surface area (Å²) in [7, 11) is 0. The van der Waals surface area contributed by atoms with E-state index in [1.165, 1.54) is 17.1 Å². The summed E-state index contributed by atoms with van der Waals surface area (Å²) in [5.41, 5.74) is 5.98. The third-order valence-corrected chi connectivity index (χ3v) is 4.26. The number of ether oxygens (including phenoxy) is 2. The van der Waals surface area contributed by atoms with Crippen LogP contribution in [0.3, 0.4) is 0 Å². The van der Waals surface area contributed by atoms with Gasteiger partial charge in [0.05, 0.1) is 22.5 Å². The number of aromatic nitrogens is 5. The Labute approximate surface area is 149 Å². The monoisotopic (exact) mass is 367 g/mol. The number of nitrogen functional groups attached to an aromatic ring is 1. The van der Waals surface area contributed by atoms with Gasteiger partial charge in [0, 0.05) is 18.2 Å². The number of hydrogen-bond donors (Lipinski definition) is 2. The maximum atomic E-state index is 12.7. The van der Waals surface area contributed by atoms with Gasteiger partial charge >= 0.3 is 0 Å². The topological polar surface area (TPSA) is 156 Å². The molecule has 2 amide bonds. The molecule has 3 N–H and O–H groups in total. The molecule has 0 fully saturated rings. The van der Waals surface area contributed by atoms with E-state index in [1.54, 1.807) is 6.07 Å². The van der Waals surface area contributed by atoms with Gasteiger partial charge in [-0.2, -0.15) is 4.68 Å². The quantitative estimate of drug-likeness (QED) is 0.543. The number of tetrazole rings is 1. The number of imide groups is 1. The third kappa shape index (κ3) is 2.03. The van der Waals surface area contributed by atoms with Crippen molar-refractivity contribution in [2.45, 2.75) is 0 Å². The first-order valence-corrected chi connectivity index (χ1v) is 7.63. The summed E-state index contributed by atoms with van der Waals surface area (Å²) in [4.78, 5) is 36.6. The van der Waals surface area contributed by atoms with Crippen LogP contribution in [0.5, 0.6) is 11.5 Å². The minimum atomic E-state index is -0.675. The number of carbonyl (C=O) groups is 2. The van der Waals surface area contributed by atoms with Gasteiger partial charge in [-0.3, -0.25) is 24.3 Å². The Balaban J connectivity index is 1.84. The summed E-state index contributed by atoms with van der Waals surface area (Å²) < 4.78 is 13.1. The lowest BCUT2D eigenvalue weighted by molar-refractivity contribution is 0.0880. The Bertz CT molecular complexity index is 1200. The Morgan fingerprint density at radius 1 is 1.04 bits per heavy atom. The van der Waals surface area contributed by atoms with E-state index in [0.29, 0.717) is 17.2 Å². The molecule has 4 heterocycles. The van der Waals surface area contributed by atoms with Gasteiger partial charge in [-0.15, -0.1) is 5.10 Å². The average molecular weight is 367 g/mol. The normalized spacial score (nSPS) is 14.4. The van der Waals surface area contributed by atoms with Crippen molar-refractivity contribution in [3.8, 4) is 22.9 Å². The molecular weight excluding hydrogens is 358 g/mol. The predicted octanol–water partition coefficient (Wildman–Crippen LogP) is -0.992. The predicted molar refractivity (Wildman–Crippen MR) is 87.1 cm³/mol. The van der Waals surface area contributed by atoms with Crippen molar-refractivity contribution in [3.63, 3.8) is 0 Å². The number of pyridine rings is 1. The molecule has 0 bridgehead atoms. The standard InChI is InChI=1S/C15H9N7O5/c16-13-12-6(14(24)18-15(12)25)1-11(23)22(13)8-3-10-9(26-5-27-10)2-7(8)21-4-17-19-20-21/h1-4H,5,16H2,(H,18,24,25). The zero-order chi connectivity index (χ0) is 18.7. The zero-order valence-electron chi connectivity index (χ0n) is 13.4. The molecule has 0 atom stereocenters. The van der Waals surface area contributed by atoms with E-state index in [2.05, 4.69) is 20.8 Å².